The first-order chi connectivity index (χ1) is 18.6. The van der Waals surface area contributed by atoms with Crippen LogP contribution in [0.15, 0.2) is 60.7 Å². The number of ether oxygens (including phenoxy) is 2. The molecule has 3 N–H and O–H groups in total. The molecule has 9 heteroatoms. The number of hydrogen-bond donors (Lipinski definition) is 3. The fourth-order valence-corrected chi connectivity index (χ4v) is 4.55. The molecule has 2 aromatic rings. The third-order valence-corrected chi connectivity index (χ3v) is 6.42. The van der Waals surface area contributed by atoms with Gasteiger partial charge < -0.3 is 25.4 Å². The second kappa shape index (κ2) is 13.8. The molecule has 9 nitrogen and oxygen atoms in total. The first kappa shape index (κ1) is 29.7. The normalized spacial score (nSPS) is 15.4. The Bertz CT molecular complexity index is 1110. The molecule has 2 aromatic carbocycles. The lowest BCUT2D eigenvalue weighted by Crippen LogP contribution is -2.63. The molecule has 1 fully saturated rings. The quantitative estimate of drug-likeness (QED) is 0.396. The smallest absolute Gasteiger partial charge is 0.408 e. The summed E-state index contributed by atoms with van der Waals surface area (Å²) in [6, 6.07) is 17.6. The van der Waals surface area contributed by atoms with Crippen LogP contribution in [0.5, 0.6) is 0 Å². The van der Waals surface area contributed by atoms with E-state index in [4.69, 9.17) is 9.47 Å². The number of alkyl carbamates (subject to hydrolysis) is 1. The molecule has 0 spiro atoms. The lowest BCUT2D eigenvalue weighted by molar-refractivity contribution is -0.155. The summed E-state index contributed by atoms with van der Waals surface area (Å²) in [4.78, 5) is 51.8. The molecule has 39 heavy (non-hydrogen) atoms. The highest BCUT2D eigenvalue weighted by atomic mass is 16.6. The minimum atomic E-state index is -1.19. The van der Waals surface area contributed by atoms with Gasteiger partial charge in [0.1, 0.15) is 30.3 Å². The van der Waals surface area contributed by atoms with Crippen molar-refractivity contribution in [3.8, 4) is 0 Å². The van der Waals surface area contributed by atoms with Gasteiger partial charge in [-0.25, -0.2) is 4.79 Å². The lowest BCUT2D eigenvalue weighted by Gasteiger charge is -2.37. The van der Waals surface area contributed by atoms with Gasteiger partial charge in [0.2, 0.25) is 11.8 Å². The van der Waals surface area contributed by atoms with E-state index in [0.29, 0.717) is 12.8 Å². The van der Waals surface area contributed by atoms with Crippen molar-refractivity contribution in [1.29, 1.82) is 0 Å². The Kier molecular flexibility index (Phi) is 10.5. The van der Waals surface area contributed by atoms with Crippen LogP contribution in [0.2, 0.25) is 0 Å². The monoisotopic (exact) mass is 537 g/mol. The van der Waals surface area contributed by atoms with Crippen molar-refractivity contribution >= 4 is 23.9 Å². The molecular formula is C30H39N3O6. The van der Waals surface area contributed by atoms with Crippen LogP contribution < -0.4 is 16.0 Å². The summed E-state index contributed by atoms with van der Waals surface area (Å²) in [5.41, 5.74) is -0.209. The Morgan fingerprint density at radius 3 is 2.05 bits per heavy atom. The Balaban J connectivity index is 1.71. The molecule has 1 atom stereocenters. The van der Waals surface area contributed by atoms with Gasteiger partial charge in [-0.3, -0.25) is 14.4 Å². The first-order valence-corrected chi connectivity index (χ1v) is 13.4. The Labute approximate surface area is 230 Å². The minimum Gasteiger partial charge on any atom is -0.459 e. The molecule has 0 heterocycles. The van der Waals surface area contributed by atoms with Gasteiger partial charge in [0.05, 0.1) is 0 Å². The zero-order chi connectivity index (χ0) is 28.3. The van der Waals surface area contributed by atoms with Gasteiger partial charge in [0.25, 0.3) is 0 Å². The van der Waals surface area contributed by atoms with Crippen LogP contribution in [-0.4, -0.2) is 47.6 Å². The number of rotatable bonds is 10. The van der Waals surface area contributed by atoms with E-state index in [1.54, 1.807) is 20.8 Å². The largest absolute Gasteiger partial charge is 0.459 e. The second-order valence-electron chi connectivity index (χ2n) is 10.8. The first-order valence-electron chi connectivity index (χ1n) is 13.4. The molecule has 1 saturated carbocycles. The van der Waals surface area contributed by atoms with Gasteiger partial charge in [-0.15, -0.1) is 0 Å². The predicted molar refractivity (Wildman–Crippen MR) is 147 cm³/mol. The van der Waals surface area contributed by atoms with Crippen molar-refractivity contribution in [1.82, 2.24) is 16.0 Å². The van der Waals surface area contributed by atoms with E-state index < -0.39 is 41.1 Å². The molecule has 0 unspecified atom stereocenters. The van der Waals surface area contributed by atoms with Crippen molar-refractivity contribution < 1.29 is 28.7 Å². The fourth-order valence-electron chi connectivity index (χ4n) is 4.55. The third-order valence-electron chi connectivity index (χ3n) is 6.42. The number of carbonyl (C=O) groups is 4. The van der Waals surface area contributed by atoms with Crippen LogP contribution in [0.1, 0.15) is 64.0 Å². The summed E-state index contributed by atoms with van der Waals surface area (Å²) in [5, 5.41) is 8.26. The van der Waals surface area contributed by atoms with E-state index in [2.05, 4.69) is 16.0 Å². The van der Waals surface area contributed by atoms with Gasteiger partial charge in [-0.05, 0) is 44.7 Å². The van der Waals surface area contributed by atoms with Crippen molar-refractivity contribution in [3.63, 3.8) is 0 Å². The predicted octanol–water partition coefficient (Wildman–Crippen LogP) is 3.80. The highest BCUT2D eigenvalue weighted by molar-refractivity contribution is 5.95. The van der Waals surface area contributed by atoms with Crippen LogP contribution >= 0.6 is 0 Å². The number of hydrogen-bond acceptors (Lipinski definition) is 6. The fraction of sp³-hybridized carbons (Fsp3) is 0.467. The van der Waals surface area contributed by atoms with Crippen LogP contribution in [0, 0.1) is 0 Å². The number of nitrogens with one attached hydrogen (secondary N) is 3. The highest BCUT2D eigenvalue weighted by Crippen LogP contribution is 2.29. The standard InChI is InChI=1S/C30H39N3O6/c1-29(2,3)39-25(34)20-31-27(36)30(17-11-6-12-18-30)33-26(35)24(19-22-13-7-4-8-14-22)32-28(37)38-21-23-15-9-5-10-16-23/h4-5,7-10,13-16,24H,6,11-12,17-21H2,1-3H3,(H,31,36)(H,32,37)(H,33,35)/t24-/m0/s1. The van der Waals surface area contributed by atoms with E-state index in [0.717, 1.165) is 30.4 Å². The molecule has 210 valence electrons. The summed E-state index contributed by atoms with van der Waals surface area (Å²) in [6.45, 7) is 5.01. The average Bonchev–Trinajstić information content (AvgIpc) is 2.91. The van der Waals surface area contributed by atoms with E-state index >= 15 is 0 Å². The molecule has 1 aliphatic rings. The molecule has 0 bridgehead atoms. The molecule has 0 radical (unpaired) electrons. The summed E-state index contributed by atoms with van der Waals surface area (Å²) in [6.07, 6.45) is 2.76. The maximum absolute atomic E-state index is 13.6. The van der Waals surface area contributed by atoms with Crippen molar-refractivity contribution in [2.75, 3.05) is 6.54 Å². The van der Waals surface area contributed by atoms with E-state index in [1.165, 1.54) is 0 Å². The molecule has 3 amide bonds. The van der Waals surface area contributed by atoms with Crippen LogP contribution in [0.3, 0.4) is 0 Å². The molecule has 3 rings (SSSR count). The summed E-state index contributed by atoms with van der Waals surface area (Å²) in [7, 11) is 0. The van der Waals surface area contributed by atoms with E-state index in [9.17, 15) is 19.2 Å². The Morgan fingerprint density at radius 2 is 1.46 bits per heavy atom. The summed E-state index contributed by atoms with van der Waals surface area (Å²) >= 11 is 0. The number of carbonyl (C=O) groups excluding carboxylic acids is 4. The molecular weight excluding hydrogens is 498 g/mol. The zero-order valence-corrected chi connectivity index (χ0v) is 23.0. The number of amides is 3. The highest BCUT2D eigenvalue weighted by Gasteiger charge is 2.42. The van der Waals surface area contributed by atoms with Gasteiger partial charge in [0.15, 0.2) is 0 Å². The van der Waals surface area contributed by atoms with Gasteiger partial charge >= 0.3 is 12.1 Å². The van der Waals surface area contributed by atoms with Crippen LogP contribution in [0.25, 0.3) is 0 Å². The van der Waals surface area contributed by atoms with Crippen molar-refractivity contribution in [3.05, 3.63) is 71.8 Å². The van der Waals surface area contributed by atoms with Crippen LogP contribution in [0.4, 0.5) is 4.79 Å². The maximum atomic E-state index is 13.6. The average molecular weight is 538 g/mol. The van der Waals surface area contributed by atoms with Gasteiger partial charge in [-0.2, -0.15) is 0 Å². The maximum Gasteiger partial charge on any atom is 0.408 e. The van der Waals surface area contributed by atoms with Crippen molar-refractivity contribution in [2.45, 2.75) is 83.1 Å². The Morgan fingerprint density at radius 1 is 0.872 bits per heavy atom. The molecule has 0 saturated heterocycles. The second-order valence-corrected chi connectivity index (χ2v) is 10.8. The topological polar surface area (TPSA) is 123 Å². The minimum absolute atomic E-state index is 0.0589. The molecule has 1 aliphatic carbocycles. The van der Waals surface area contributed by atoms with E-state index in [-0.39, 0.29) is 19.6 Å². The van der Waals surface area contributed by atoms with Crippen molar-refractivity contribution in [2.24, 2.45) is 0 Å². The number of esters is 1. The third kappa shape index (κ3) is 9.74. The molecule has 0 aromatic heterocycles. The SMILES string of the molecule is CC(C)(C)OC(=O)CNC(=O)C1(NC(=O)[C@H](Cc2ccccc2)NC(=O)OCc2ccccc2)CCCCC1. The summed E-state index contributed by atoms with van der Waals surface area (Å²) < 4.78 is 10.6. The van der Waals surface area contributed by atoms with Gasteiger partial charge in [0, 0.05) is 6.42 Å². The van der Waals surface area contributed by atoms with E-state index in [1.807, 2.05) is 60.7 Å². The zero-order valence-electron chi connectivity index (χ0n) is 23.0. The van der Waals surface area contributed by atoms with Gasteiger partial charge in [-0.1, -0.05) is 79.9 Å². The van der Waals surface area contributed by atoms with Crippen LogP contribution in [-0.2, 0) is 36.9 Å². The lowest BCUT2D eigenvalue weighted by atomic mass is 9.80. The molecule has 0 aliphatic heterocycles. The summed E-state index contributed by atoms with van der Waals surface area (Å²) in [5.74, 6) is -1.49. The number of benzene rings is 2. The Hall–Kier alpha value is -3.88.